The molecule has 8 nitrogen and oxygen atoms in total. The lowest BCUT2D eigenvalue weighted by Crippen LogP contribution is -2.42. The van der Waals surface area contributed by atoms with Crippen LogP contribution < -0.4 is 20.4 Å². The number of nitrogens with one attached hydrogen (secondary N) is 2. The molecule has 0 saturated carbocycles. The van der Waals surface area contributed by atoms with Crippen LogP contribution in [0, 0.1) is 0 Å². The lowest BCUT2D eigenvalue weighted by Gasteiger charge is -2.26. The number of likely N-dealkylation sites (N-methyl/N-ethyl adjacent to an activating group) is 1. The highest BCUT2D eigenvalue weighted by molar-refractivity contribution is 5.93. The van der Waals surface area contributed by atoms with E-state index in [1.54, 1.807) is 36.2 Å². The average Bonchev–Trinajstić information content (AvgIpc) is 2.76. The van der Waals surface area contributed by atoms with Crippen LogP contribution in [0.4, 0.5) is 11.4 Å². The van der Waals surface area contributed by atoms with Gasteiger partial charge < -0.3 is 25.2 Å². The zero-order valence-corrected chi connectivity index (χ0v) is 17.8. The zero-order chi connectivity index (χ0) is 22.6. The van der Waals surface area contributed by atoms with E-state index in [-0.39, 0.29) is 37.5 Å². The maximum Gasteiger partial charge on any atom is 0.240 e. The highest BCUT2D eigenvalue weighted by atomic mass is 16.2. The maximum absolute atomic E-state index is 12.5. The number of nitrogens with zero attached hydrogens (tertiary/aromatic N) is 2. The fourth-order valence-corrected chi connectivity index (χ4v) is 3.21. The van der Waals surface area contributed by atoms with Crippen LogP contribution in [0.15, 0.2) is 54.6 Å². The van der Waals surface area contributed by atoms with E-state index in [9.17, 15) is 19.2 Å². The summed E-state index contributed by atoms with van der Waals surface area (Å²) in [6, 6.07) is 16.7. The van der Waals surface area contributed by atoms with Crippen molar-refractivity contribution in [2.45, 2.75) is 19.4 Å². The van der Waals surface area contributed by atoms with Crippen LogP contribution in [0.1, 0.15) is 12.5 Å². The number of carbonyl (C=O) groups is 4. The Kier molecular flexibility index (Phi) is 9.22. The van der Waals surface area contributed by atoms with Gasteiger partial charge in [-0.3, -0.25) is 14.4 Å². The van der Waals surface area contributed by atoms with Gasteiger partial charge in [0, 0.05) is 13.1 Å². The number of carbonyl (C=O) groups excluding carboxylic acids is 4. The predicted molar refractivity (Wildman–Crippen MR) is 120 cm³/mol. The smallest absolute Gasteiger partial charge is 0.240 e. The van der Waals surface area contributed by atoms with Gasteiger partial charge in [-0.1, -0.05) is 42.5 Å². The number of para-hydroxylation sites is 2. The second-order valence-electron chi connectivity index (χ2n) is 7.21. The molecule has 0 bridgehead atoms. The van der Waals surface area contributed by atoms with Crippen LogP contribution in [0.5, 0.6) is 0 Å². The molecular weight excluding hydrogens is 396 g/mol. The summed E-state index contributed by atoms with van der Waals surface area (Å²) in [5.74, 6) is -0.605. The van der Waals surface area contributed by atoms with Gasteiger partial charge in [0.25, 0.3) is 0 Å². The van der Waals surface area contributed by atoms with Crippen molar-refractivity contribution in [1.29, 1.82) is 0 Å². The summed E-state index contributed by atoms with van der Waals surface area (Å²) in [6.45, 7) is 1.70. The van der Waals surface area contributed by atoms with Crippen LogP contribution in [-0.2, 0) is 25.6 Å². The highest BCUT2D eigenvalue weighted by Gasteiger charge is 2.18. The van der Waals surface area contributed by atoms with Gasteiger partial charge in [-0.2, -0.15) is 0 Å². The SMILES string of the molecule is CC(Cc1ccccc1)NC(=O)CN(C=O)c1ccccc1N(C)CC(=O)NCC=O. The zero-order valence-electron chi connectivity index (χ0n) is 17.8. The Balaban J connectivity index is 2.03. The molecule has 0 aliphatic heterocycles. The lowest BCUT2D eigenvalue weighted by molar-refractivity contribution is -0.121. The molecule has 0 aliphatic carbocycles. The van der Waals surface area contributed by atoms with Crippen molar-refractivity contribution in [3.8, 4) is 0 Å². The molecule has 8 heteroatoms. The first kappa shape index (κ1) is 23.6. The van der Waals surface area contributed by atoms with E-state index in [1.807, 2.05) is 37.3 Å². The van der Waals surface area contributed by atoms with E-state index in [2.05, 4.69) is 10.6 Å². The molecule has 1 atom stereocenters. The first-order valence-electron chi connectivity index (χ1n) is 10.00. The number of aldehydes is 1. The van der Waals surface area contributed by atoms with Crippen molar-refractivity contribution in [1.82, 2.24) is 10.6 Å². The fourth-order valence-electron chi connectivity index (χ4n) is 3.21. The summed E-state index contributed by atoms with van der Waals surface area (Å²) in [5, 5.41) is 5.39. The number of anilines is 2. The minimum atomic E-state index is -0.325. The number of hydrogen-bond acceptors (Lipinski definition) is 5. The third kappa shape index (κ3) is 7.58. The quantitative estimate of drug-likeness (QED) is 0.498. The third-order valence-corrected chi connectivity index (χ3v) is 4.60. The molecule has 3 amide bonds. The summed E-state index contributed by atoms with van der Waals surface area (Å²) in [5.41, 5.74) is 2.23. The minimum Gasteiger partial charge on any atom is -0.364 e. The van der Waals surface area contributed by atoms with E-state index in [4.69, 9.17) is 0 Å². The standard InChI is InChI=1S/C23H28N4O4/c1-18(14-19-8-4-3-5-9-19)25-23(31)16-27(17-29)21-11-7-6-10-20(21)26(2)15-22(30)24-12-13-28/h3-11,13,17-18H,12,14-16H2,1-2H3,(H,24,30)(H,25,31). The molecule has 0 radical (unpaired) electrons. The van der Waals surface area contributed by atoms with E-state index < -0.39 is 0 Å². The minimum absolute atomic E-state index is 0.00213. The normalized spacial score (nSPS) is 11.2. The van der Waals surface area contributed by atoms with Crippen molar-refractivity contribution in [3.05, 3.63) is 60.2 Å². The fraction of sp³-hybridized carbons (Fsp3) is 0.304. The monoisotopic (exact) mass is 424 g/mol. The summed E-state index contributed by atoms with van der Waals surface area (Å²) < 4.78 is 0. The van der Waals surface area contributed by atoms with Crippen LogP contribution in [0.25, 0.3) is 0 Å². The number of amides is 3. The van der Waals surface area contributed by atoms with Crippen molar-refractivity contribution < 1.29 is 19.2 Å². The van der Waals surface area contributed by atoms with Crippen LogP contribution in [0.3, 0.4) is 0 Å². The van der Waals surface area contributed by atoms with Gasteiger partial charge in [0.05, 0.1) is 24.5 Å². The molecule has 0 fully saturated rings. The van der Waals surface area contributed by atoms with E-state index >= 15 is 0 Å². The molecule has 2 aromatic carbocycles. The van der Waals surface area contributed by atoms with Crippen LogP contribution >= 0.6 is 0 Å². The van der Waals surface area contributed by atoms with Gasteiger partial charge in [0.1, 0.15) is 12.8 Å². The summed E-state index contributed by atoms with van der Waals surface area (Å²) in [4.78, 5) is 49.6. The molecule has 0 heterocycles. The van der Waals surface area contributed by atoms with Gasteiger partial charge in [0.2, 0.25) is 18.2 Å². The van der Waals surface area contributed by atoms with Crippen molar-refractivity contribution in [2.24, 2.45) is 0 Å². The van der Waals surface area contributed by atoms with Gasteiger partial charge in [-0.15, -0.1) is 0 Å². The molecule has 0 spiro atoms. The summed E-state index contributed by atoms with van der Waals surface area (Å²) >= 11 is 0. The molecular formula is C23H28N4O4. The van der Waals surface area contributed by atoms with Crippen molar-refractivity contribution >= 4 is 35.9 Å². The predicted octanol–water partition coefficient (Wildman–Crippen LogP) is 1.15. The average molecular weight is 425 g/mol. The van der Waals surface area contributed by atoms with Crippen molar-refractivity contribution in [2.75, 3.05) is 36.5 Å². The summed E-state index contributed by atoms with van der Waals surface area (Å²) in [7, 11) is 1.70. The topological polar surface area (TPSA) is 98.8 Å². The Morgan fingerprint density at radius 2 is 1.58 bits per heavy atom. The Morgan fingerprint density at radius 3 is 2.23 bits per heavy atom. The number of hydrogen-bond donors (Lipinski definition) is 2. The van der Waals surface area contributed by atoms with E-state index in [0.29, 0.717) is 30.5 Å². The van der Waals surface area contributed by atoms with Crippen molar-refractivity contribution in [3.63, 3.8) is 0 Å². The Bertz CT molecular complexity index is 888. The summed E-state index contributed by atoms with van der Waals surface area (Å²) in [6.07, 6.45) is 1.89. The lowest BCUT2D eigenvalue weighted by atomic mass is 10.1. The van der Waals surface area contributed by atoms with Gasteiger partial charge >= 0.3 is 0 Å². The van der Waals surface area contributed by atoms with E-state index in [0.717, 1.165) is 5.56 Å². The highest BCUT2D eigenvalue weighted by Crippen LogP contribution is 2.27. The number of rotatable bonds is 12. The van der Waals surface area contributed by atoms with Gasteiger partial charge in [-0.05, 0) is 31.0 Å². The molecule has 0 aliphatic rings. The first-order valence-corrected chi connectivity index (χ1v) is 10.00. The molecule has 0 saturated heterocycles. The number of benzene rings is 2. The third-order valence-electron chi connectivity index (χ3n) is 4.60. The Morgan fingerprint density at radius 1 is 0.935 bits per heavy atom. The molecule has 0 aromatic heterocycles. The molecule has 2 aromatic rings. The van der Waals surface area contributed by atoms with Crippen LogP contribution in [0.2, 0.25) is 0 Å². The second kappa shape index (κ2) is 12.1. The largest absolute Gasteiger partial charge is 0.364 e. The van der Waals surface area contributed by atoms with Gasteiger partial charge in [0.15, 0.2) is 0 Å². The molecule has 164 valence electrons. The molecule has 2 N–H and O–H groups in total. The van der Waals surface area contributed by atoms with E-state index in [1.165, 1.54) is 4.90 Å². The van der Waals surface area contributed by atoms with Crippen LogP contribution in [-0.4, -0.2) is 57.2 Å². The first-order chi connectivity index (χ1) is 14.9. The Hall–Kier alpha value is -3.68. The van der Waals surface area contributed by atoms with Gasteiger partial charge in [-0.25, -0.2) is 0 Å². The maximum atomic E-state index is 12.5. The molecule has 2 rings (SSSR count). The Labute approximate surface area is 182 Å². The molecule has 31 heavy (non-hydrogen) atoms. The molecule has 1 unspecified atom stereocenters. The second-order valence-corrected chi connectivity index (χ2v) is 7.21.